The van der Waals surface area contributed by atoms with Gasteiger partial charge in [-0.15, -0.1) is 0 Å². The SMILES string of the molecule is [Cu+2].[Fe+2].[Ni+2].[OH-].[OH-].[OH-].[OH-].[OH-].[OH-]. The Labute approximate surface area is 83.5 Å². The van der Waals surface area contributed by atoms with Crippen molar-refractivity contribution in [3.05, 3.63) is 0 Å². The van der Waals surface area contributed by atoms with Gasteiger partial charge in [0.1, 0.15) is 0 Å². The van der Waals surface area contributed by atoms with E-state index < -0.39 is 0 Å². The van der Waals surface area contributed by atoms with Crippen LogP contribution in [-0.2, 0) is 50.6 Å². The summed E-state index contributed by atoms with van der Waals surface area (Å²) >= 11 is 0. The standard InChI is InChI=1S/Cu.Fe.Ni.6H2O/h;;;6*1H2/q3*+2;;;;;;/p-6. The molecule has 0 aromatic heterocycles. The van der Waals surface area contributed by atoms with E-state index in [1.54, 1.807) is 0 Å². The summed E-state index contributed by atoms with van der Waals surface area (Å²) < 4.78 is 0. The summed E-state index contributed by atoms with van der Waals surface area (Å²) in [6.07, 6.45) is 0. The van der Waals surface area contributed by atoms with Crippen molar-refractivity contribution < 1.29 is 83.5 Å². The summed E-state index contributed by atoms with van der Waals surface area (Å²) in [4.78, 5) is 0. The van der Waals surface area contributed by atoms with Crippen LogP contribution in [-0.4, -0.2) is 32.9 Å². The van der Waals surface area contributed by atoms with Crippen LogP contribution >= 0.6 is 0 Å². The third kappa shape index (κ3) is 296. The Morgan fingerprint density at radius 1 is 0.444 bits per heavy atom. The molecule has 0 atom stereocenters. The number of hydrogen-bond donors (Lipinski definition) is 0. The Kier molecular flexibility index (Phi) is 22600. The molecule has 0 aromatic rings. The molecule has 0 bridgehead atoms. The van der Waals surface area contributed by atoms with Crippen molar-refractivity contribution in [3.8, 4) is 0 Å². The van der Waals surface area contributed by atoms with Crippen LogP contribution in [0.5, 0.6) is 0 Å². The molecule has 1 radical (unpaired) electrons. The monoisotopic (exact) mass is 279 g/mol. The van der Waals surface area contributed by atoms with E-state index in [4.69, 9.17) is 0 Å². The molecule has 0 aliphatic carbocycles. The summed E-state index contributed by atoms with van der Waals surface area (Å²) in [5.41, 5.74) is 0. The molecule has 0 rings (SSSR count). The van der Waals surface area contributed by atoms with Crippen LogP contribution in [0.1, 0.15) is 0 Å². The largest absolute Gasteiger partial charge is 2.00 e. The molecular weight excluding hydrogens is 274 g/mol. The molecule has 9 heteroatoms. The predicted octanol–water partition coefficient (Wildman–Crippen LogP) is -1.07. The van der Waals surface area contributed by atoms with E-state index in [2.05, 4.69) is 0 Å². The first-order valence-corrected chi connectivity index (χ1v) is 0. The van der Waals surface area contributed by atoms with E-state index in [0.717, 1.165) is 0 Å². The molecule has 0 aliphatic rings. The normalized spacial score (nSPS) is 0. The van der Waals surface area contributed by atoms with Crippen molar-refractivity contribution in [2.24, 2.45) is 0 Å². The van der Waals surface area contributed by atoms with E-state index in [1.807, 2.05) is 0 Å². The van der Waals surface area contributed by atoms with Gasteiger partial charge in [0.05, 0.1) is 0 Å². The van der Waals surface area contributed by atoms with Gasteiger partial charge in [0.25, 0.3) is 0 Å². The van der Waals surface area contributed by atoms with E-state index in [0.29, 0.717) is 0 Å². The second-order valence-electron chi connectivity index (χ2n) is 0. The van der Waals surface area contributed by atoms with E-state index in [-0.39, 0.29) is 83.5 Å². The Morgan fingerprint density at radius 2 is 0.444 bits per heavy atom. The van der Waals surface area contributed by atoms with Gasteiger partial charge in [-0.1, -0.05) is 0 Å². The second-order valence-corrected chi connectivity index (χ2v) is 0. The summed E-state index contributed by atoms with van der Waals surface area (Å²) in [5, 5.41) is 0. The summed E-state index contributed by atoms with van der Waals surface area (Å²) in [5.74, 6) is 0. The average molecular weight is 280 g/mol. The van der Waals surface area contributed by atoms with E-state index >= 15 is 0 Å². The number of hydrogen-bond acceptors (Lipinski definition) is 6. The zero-order valence-electron chi connectivity index (χ0n) is 3.65. The Balaban J connectivity index is 0. The molecule has 0 aromatic carbocycles. The van der Waals surface area contributed by atoms with Gasteiger partial charge in [-0.25, -0.2) is 0 Å². The molecule has 0 amide bonds. The summed E-state index contributed by atoms with van der Waals surface area (Å²) in [7, 11) is 0. The summed E-state index contributed by atoms with van der Waals surface area (Å²) in [6.45, 7) is 0. The molecule has 0 fully saturated rings. The Bertz CT molecular complexity index is 13.0. The maximum absolute atomic E-state index is 0. The third-order valence-corrected chi connectivity index (χ3v) is 0. The maximum Gasteiger partial charge on any atom is 2.00 e. The first-order chi connectivity index (χ1) is 0. The van der Waals surface area contributed by atoms with Gasteiger partial charge in [-0.05, 0) is 0 Å². The second kappa shape index (κ2) is 383. The van der Waals surface area contributed by atoms with Crippen LogP contribution < -0.4 is 0 Å². The van der Waals surface area contributed by atoms with Crippen LogP contribution in [0, 0.1) is 0 Å². The van der Waals surface area contributed by atoms with Crippen LogP contribution in [0.25, 0.3) is 0 Å². The molecule has 0 unspecified atom stereocenters. The van der Waals surface area contributed by atoms with Gasteiger partial charge in [0, 0.05) is 0 Å². The minimum absolute atomic E-state index is 0. The van der Waals surface area contributed by atoms with Gasteiger partial charge >= 0.3 is 50.6 Å². The molecule has 6 N–H and O–H groups in total. The van der Waals surface area contributed by atoms with Crippen molar-refractivity contribution in [1.29, 1.82) is 0 Å². The average Bonchev–Trinajstić information content (AvgIpc) is 0. The fraction of sp³-hybridized carbons (Fsp3) is 0. The molecule has 0 aliphatic heterocycles. The fourth-order valence-corrected chi connectivity index (χ4v) is 0. The summed E-state index contributed by atoms with van der Waals surface area (Å²) in [6, 6.07) is 0. The van der Waals surface area contributed by atoms with E-state index in [9.17, 15) is 0 Å². The zero-order chi connectivity index (χ0) is 0. The van der Waals surface area contributed by atoms with Crippen molar-refractivity contribution in [2.75, 3.05) is 0 Å². The molecular formula is H6CuFeNiO6. The van der Waals surface area contributed by atoms with Gasteiger partial charge in [-0.2, -0.15) is 0 Å². The predicted molar refractivity (Wildman–Crippen MR) is 11.6 cm³/mol. The first-order valence-electron chi connectivity index (χ1n) is 0. The van der Waals surface area contributed by atoms with Crippen LogP contribution in [0.4, 0.5) is 0 Å². The van der Waals surface area contributed by atoms with Gasteiger partial charge in [0.15, 0.2) is 0 Å². The van der Waals surface area contributed by atoms with Crippen LogP contribution in [0.2, 0.25) is 0 Å². The topological polar surface area (TPSA) is 180 Å². The van der Waals surface area contributed by atoms with Crippen molar-refractivity contribution in [3.63, 3.8) is 0 Å². The van der Waals surface area contributed by atoms with Gasteiger partial charge in [-0.3, -0.25) is 0 Å². The van der Waals surface area contributed by atoms with Gasteiger partial charge in [0.2, 0.25) is 0 Å². The van der Waals surface area contributed by atoms with Crippen molar-refractivity contribution >= 4 is 0 Å². The molecule has 9 heavy (non-hydrogen) atoms. The zero-order valence-corrected chi connectivity index (χ0v) is 6.69. The number of rotatable bonds is 0. The molecule has 6 nitrogen and oxygen atoms in total. The Hall–Kier alpha value is 1.29. The minimum Gasteiger partial charge on any atom is -0.870 e. The molecule has 0 saturated heterocycles. The Morgan fingerprint density at radius 3 is 0.444 bits per heavy atom. The fourth-order valence-electron chi connectivity index (χ4n) is 0. The van der Waals surface area contributed by atoms with Crippen LogP contribution in [0.3, 0.4) is 0 Å². The van der Waals surface area contributed by atoms with Gasteiger partial charge < -0.3 is 32.9 Å². The third-order valence-electron chi connectivity index (χ3n) is 0. The molecule has 71 valence electrons. The van der Waals surface area contributed by atoms with Crippen molar-refractivity contribution in [2.45, 2.75) is 0 Å². The quantitative estimate of drug-likeness (QED) is 0.509. The molecule has 0 spiro atoms. The minimum atomic E-state index is 0. The van der Waals surface area contributed by atoms with E-state index in [1.165, 1.54) is 0 Å². The molecule has 0 heterocycles. The van der Waals surface area contributed by atoms with Crippen molar-refractivity contribution in [1.82, 2.24) is 0 Å². The smallest absolute Gasteiger partial charge is 0.870 e. The van der Waals surface area contributed by atoms with Crippen LogP contribution in [0.15, 0.2) is 0 Å². The molecule has 0 saturated carbocycles. The first kappa shape index (κ1) is 532. The maximum atomic E-state index is 0.